The van der Waals surface area contributed by atoms with Crippen molar-refractivity contribution in [2.24, 2.45) is 0 Å². The highest BCUT2D eigenvalue weighted by atomic mass is 16.5. The molecule has 0 saturated heterocycles. The molecule has 20 heavy (non-hydrogen) atoms. The molecule has 0 atom stereocenters. The fourth-order valence-corrected chi connectivity index (χ4v) is 2.16. The molecular formula is C14H13N5O. The van der Waals surface area contributed by atoms with E-state index in [2.05, 4.69) is 25.3 Å². The van der Waals surface area contributed by atoms with Crippen molar-refractivity contribution in [3.05, 3.63) is 36.0 Å². The molecule has 2 heterocycles. The summed E-state index contributed by atoms with van der Waals surface area (Å²) in [5.74, 6) is 3.41. The zero-order valence-corrected chi connectivity index (χ0v) is 11.0. The molecule has 0 radical (unpaired) electrons. The first kappa shape index (κ1) is 11.3. The maximum atomic E-state index is 5.01. The number of hydrogen-bond acceptors (Lipinski definition) is 5. The van der Waals surface area contributed by atoms with E-state index in [0.29, 0.717) is 23.5 Å². The third-order valence-electron chi connectivity index (χ3n) is 3.37. The Labute approximate surface area is 115 Å². The average Bonchev–Trinajstić information content (AvgIpc) is 3.04. The number of aromatic nitrogens is 5. The van der Waals surface area contributed by atoms with Crippen molar-refractivity contribution in [1.29, 1.82) is 0 Å². The molecule has 0 aliphatic heterocycles. The minimum Gasteiger partial charge on any atom is -0.339 e. The number of hydrogen-bond donors (Lipinski definition) is 1. The highest BCUT2D eigenvalue weighted by Crippen LogP contribution is 2.38. The number of H-pyrrole nitrogens is 1. The van der Waals surface area contributed by atoms with Crippen LogP contribution in [0.25, 0.3) is 22.8 Å². The molecule has 0 unspecified atom stereocenters. The predicted octanol–water partition coefficient (Wildman–Crippen LogP) is 2.71. The Morgan fingerprint density at radius 3 is 2.65 bits per heavy atom. The Bertz CT molecular complexity index is 756. The third kappa shape index (κ3) is 1.99. The van der Waals surface area contributed by atoms with Crippen LogP contribution in [0.15, 0.2) is 28.8 Å². The van der Waals surface area contributed by atoms with Crippen molar-refractivity contribution in [1.82, 2.24) is 25.3 Å². The van der Waals surface area contributed by atoms with Crippen molar-refractivity contribution in [3.8, 4) is 22.8 Å². The fraction of sp³-hybridized carbons (Fsp3) is 0.286. The topological polar surface area (TPSA) is 80.5 Å². The van der Waals surface area contributed by atoms with Crippen molar-refractivity contribution < 1.29 is 4.52 Å². The summed E-state index contributed by atoms with van der Waals surface area (Å²) < 4.78 is 5.01. The summed E-state index contributed by atoms with van der Waals surface area (Å²) in [6.45, 7) is 1.78. The van der Waals surface area contributed by atoms with Crippen LogP contribution in [0.1, 0.15) is 30.5 Å². The van der Waals surface area contributed by atoms with E-state index < -0.39 is 0 Å². The van der Waals surface area contributed by atoms with Crippen LogP contribution in [-0.2, 0) is 0 Å². The molecule has 0 spiro atoms. The number of rotatable bonds is 3. The molecular weight excluding hydrogens is 254 g/mol. The SMILES string of the molecule is Cc1nc(-c2cccc(-c3n[nH]c(C4CC4)n3)c2)no1. The van der Waals surface area contributed by atoms with Crippen molar-refractivity contribution >= 4 is 0 Å². The summed E-state index contributed by atoms with van der Waals surface area (Å²) in [7, 11) is 0. The van der Waals surface area contributed by atoms with Gasteiger partial charge in [-0.2, -0.15) is 10.1 Å². The van der Waals surface area contributed by atoms with Gasteiger partial charge in [0.15, 0.2) is 5.82 Å². The van der Waals surface area contributed by atoms with E-state index in [0.717, 1.165) is 17.0 Å². The normalized spacial score (nSPS) is 14.7. The van der Waals surface area contributed by atoms with Gasteiger partial charge < -0.3 is 4.52 Å². The van der Waals surface area contributed by atoms with Gasteiger partial charge in [0, 0.05) is 24.0 Å². The van der Waals surface area contributed by atoms with Gasteiger partial charge in [0.25, 0.3) is 0 Å². The monoisotopic (exact) mass is 267 g/mol. The lowest BCUT2D eigenvalue weighted by Gasteiger charge is -1.98. The highest BCUT2D eigenvalue weighted by molar-refractivity contribution is 5.65. The lowest BCUT2D eigenvalue weighted by molar-refractivity contribution is 0.394. The molecule has 1 aliphatic rings. The predicted molar refractivity (Wildman–Crippen MR) is 71.8 cm³/mol. The Morgan fingerprint density at radius 1 is 1.15 bits per heavy atom. The van der Waals surface area contributed by atoms with Crippen LogP contribution >= 0.6 is 0 Å². The van der Waals surface area contributed by atoms with Gasteiger partial charge in [-0.25, -0.2) is 4.98 Å². The second kappa shape index (κ2) is 4.26. The summed E-state index contributed by atoms with van der Waals surface area (Å²) in [6.07, 6.45) is 2.41. The summed E-state index contributed by atoms with van der Waals surface area (Å²) in [6, 6.07) is 7.85. The molecule has 6 heteroatoms. The van der Waals surface area contributed by atoms with Gasteiger partial charge >= 0.3 is 0 Å². The molecule has 4 rings (SSSR count). The molecule has 0 bridgehead atoms. The van der Waals surface area contributed by atoms with E-state index in [4.69, 9.17) is 4.52 Å². The van der Waals surface area contributed by atoms with E-state index in [1.807, 2.05) is 24.3 Å². The Morgan fingerprint density at radius 2 is 1.95 bits per heavy atom. The lowest BCUT2D eigenvalue weighted by atomic mass is 10.1. The van der Waals surface area contributed by atoms with Crippen molar-refractivity contribution in [2.45, 2.75) is 25.7 Å². The second-order valence-electron chi connectivity index (χ2n) is 5.04. The Balaban J connectivity index is 1.70. The average molecular weight is 267 g/mol. The van der Waals surface area contributed by atoms with E-state index in [9.17, 15) is 0 Å². The van der Waals surface area contributed by atoms with Crippen LogP contribution in [0.2, 0.25) is 0 Å². The van der Waals surface area contributed by atoms with Gasteiger partial charge in [-0.05, 0) is 18.9 Å². The quantitative estimate of drug-likeness (QED) is 0.789. The lowest BCUT2D eigenvalue weighted by Crippen LogP contribution is -1.85. The standard InChI is InChI=1S/C14H13N5O/c1-8-15-14(19-20-8)11-4-2-3-10(7-11)13-16-12(17-18-13)9-5-6-9/h2-4,7,9H,5-6H2,1H3,(H,16,17,18). The van der Waals surface area contributed by atoms with E-state index in [1.54, 1.807) is 6.92 Å². The third-order valence-corrected chi connectivity index (χ3v) is 3.37. The van der Waals surface area contributed by atoms with Crippen LogP contribution in [0.3, 0.4) is 0 Å². The maximum absolute atomic E-state index is 5.01. The first-order valence-electron chi connectivity index (χ1n) is 6.63. The van der Waals surface area contributed by atoms with E-state index in [-0.39, 0.29) is 0 Å². The number of benzene rings is 1. The Hall–Kier alpha value is -2.50. The first-order valence-corrected chi connectivity index (χ1v) is 6.63. The fourth-order valence-electron chi connectivity index (χ4n) is 2.16. The molecule has 1 fully saturated rings. The van der Waals surface area contributed by atoms with Crippen LogP contribution in [0, 0.1) is 6.92 Å². The van der Waals surface area contributed by atoms with Gasteiger partial charge in [-0.3, -0.25) is 5.10 Å². The summed E-state index contributed by atoms with van der Waals surface area (Å²) in [5, 5.41) is 11.2. The molecule has 100 valence electrons. The summed E-state index contributed by atoms with van der Waals surface area (Å²) >= 11 is 0. The van der Waals surface area contributed by atoms with Crippen LogP contribution < -0.4 is 0 Å². The van der Waals surface area contributed by atoms with E-state index >= 15 is 0 Å². The van der Waals surface area contributed by atoms with Crippen LogP contribution in [0.5, 0.6) is 0 Å². The maximum Gasteiger partial charge on any atom is 0.223 e. The molecule has 3 aromatic rings. The summed E-state index contributed by atoms with van der Waals surface area (Å²) in [4.78, 5) is 8.78. The van der Waals surface area contributed by atoms with Crippen molar-refractivity contribution in [2.75, 3.05) is 0 Å². The van der Waals surface area contributed by atoms with Gasteiger partial charge in [0.1, 0.15) is 5.82 Å². The molecule has 1 aromatic carbocycles. The summed E-state index contributed by atoms with van der Waals surface area (Å²) in [5.41, 5.74) is 1.85. The number of nitrogens with one attached hydrogen (secondary N) is 1. The smallest absolute Gasteiger partial charge is 0.223 e. The Kier molecular flexibility index (Phi) is 2.42. The van der Waals surface area contributed by atoms with Gasteiger partial charge in [-0.15, -0.1) is 0 Å². The van der Waals surface area contributed by atoms with Gasteiger partial charge in [0.05, 0.1) is 0 Å². The van der Waals surface area contributed by atoms with Gasteiger partial charge in [-0.1, -0.05) is 23.4 Å². The van der Waals surface area contributed by atoms with Crippen LogP contribution in [0.4, 0.5) is 0 Å². The minimum atomic E-state index is 0.555. The van der Waals surface area contributed by atoms with Gasteiger partial charge in [0.2, 0.25) is 11.7 Å². The first-order chi connectivity index (χ1) is 9.79. The van der Waals surface area contributed by atoms with Crippen LogP contribution in [-0.4, -0.2) is 25.3 Å². The molecule has 6 nitrogen and oxygen atoms in total. The largest absolute Gasteiger partial charge is 0.339 e. The minimum absolute atomic E-state index is 0.555. The van der Waals surface area contributed by atoms with Crippen molar-refractivity contribution in [3.63, 3.8) is 0 Å². The zero-order chi connectivity index (χ0) is 13.5. The highest BCUT2D eigenvalue weighted by Gasteiger charge is 2.27. The number of aromatic amines is 1. The zero-order valence-electron chi connectivity index (χ0n) is 11.0. The number of aryl methyl sites for hydroxylation is 1. The molecule has 1 saturated carbocycles. The van der Waals surface area contributed by atoms with E-state index in [1.165, 1.54) is 12.8 Å². The number of nitrogens with zero attached hydrogens (tertiary/aromatic N) is 4. The molecule has 1 N–H and O–H groups in total. The second-order valence-corrected chi connectivity index (χ2v) is 5.04. The molecule has 0 amide bonds. The molecule has 2 aromatic heterocycles. The molecule has 1 aliphatic carbocycles.